The van der Waals surface area contributed by atoms with Crippen molar-refractivity contribution in [2.75, 3.05) is 31.3 Å². The van der Waals surface area contributed by atoms with Crippen LogP contribution in [0.25, 0.3) is 10.9 Å². The lowest BCUT2D eigenvalue weighted by Gasteiger charge is -2.20. The number of carboxylic acids is 1. The normalized spacial score (nSPS) is 13.2. The predicted octanol–water partition coefficient (Wildman–Crippen LogP) is 2.65. The third-order valence-electron chi connectivity index (χ3n) is 5.06. The predicted molar refractivity (Wildman–Crippen MR) is 113 cm³/mol. The molecule has 2 heterocycles. The Hall–Kier alpha value is -3.82. The molecule has 0 bridgehead atoms. The Balaban J connectivity index is 1.77. The fourth-order valence-electron chi connectivity index (χ4n) is 3.46. The highest BCUT2D eigenvalue weighted by Gasteiger charge is 2.32. The van der Waals surface area contributed by atoms with Gasteiger partial charge < -0.3 is 30.2 Å². The second kappa shape index (κ2) is 8.13. The van der Waals surface area contributed by atoms with E-state index in [1.807, 2.05) is 6.07 Å². The lowest BCUT2D eigenvalue weighted by Crippen LogP contribution is -2.21. The average Bonchev–Trinajstić information content (AvgIpc) is 3.60. The molecule has 0 radical (unpaired) electrons. The maximum atomic E-state index is 15.1. The molecule has 0 aliphatic heterocycles. The van der Waals surface area contributed by atoms with Gasteiger partial charge >= 0.3 is 5.97 Å². The average molecular weight is 428 g/mol. The van der Waals surface area contributed by atoms with Crippen molar-refractivity contribution in [3.63, 3.8) is 0 Å². The summed E-state index contributed by atoms with van der Waals surface area (Å²) in [6.07, 6.45) is 4.48. The monoisotopic (exact) mass is 428 g/mol. The molecule has 162 valence electrons. The number of benzene rings is 1. The Morgan fingerprint density at radius 3 is 2.77 bits per heavy atom. The summed E-state index contributed by atoms with van der Waals surface area (Å²) in [5.74, 6) is -1.96. The van der Waals surface area contributed by atoms with E-state index in [0.717, 1.165) is 12.8 Å². The Bertz CT molecular complexity index is 1210. The highest BCUT2D eigenvalue weighted by Crippen LogP contribution is 2.45. The highest BCUT2D eigenvalue weighted by molar-refractivity contribution is 6.01. The SMILES string of the molecule is COc1c(OCCNc2ccccn2)c(F)c(N)c2c(=O)c(C(=O)O)cn(C3CC3)c12. The Labute approximate surface area is 176 Å². The number of nitrogens with two attached hydrogens (primary N) is 1. The molecule has 1 aromatic carbocycles. The molecule has 4 N–H and O–H groups in total. The number of nitrogens with zero attached hydrogens (tertiary/aromatic N) is 2. The molecule has 10 heteroatoms. The van der Waals surface area contributed by atoms with Crippen LogP contribution in [0.1, 0.15) is 29.2 Å². The molecular formula is C21H21FN4O5. The number of halogens is 1. The summed E-state index contributed by atoms with van der Waals surface area (Å²) >= 11 is 0. The van der Waals surface area contributed by atoms with Crippen molar-refractivity contribution >= 4 is 28.4 Å². The zero-order valence-corrected chi connectivity index (χ0v) is 16.7. The van der Waals surface area contributed by atoms with Gasteiger partial charge in [0.15, 0.2) is 11.6 Å². The zero-order chi connectivity index (χ0) is 22.1. The molecule has 4 rings (SSSR count). The number of carboxylic acid groups (broad SMARTS) is 1. The van der Waals surface area contributed by atoms with Gasteiger partial charge in [-0.15, -0.1) is 0 Å². The molecular weight excluding hydrogens is 407 g/mol. The first-order chi connectivity index (χ1) is 14.9. The van der Waals surface area contributed by atoms with E-state index in [-0.39, 0.29) is 35.1 Å². The summed E-state index contributed by atoms with van der Waals surface area (Å²) in [5, 5.41) is 12.2. The van der Waals surface area contributed by atoms with Crippen LogP contribution >= 0.6 is 0 Å². The molecule has 31 heavy (non-hydrogen) atoms. The van der Waals surface area contributed by atoms with Crippen LogP contribution in [0, 0.1) is 5.82 Å². The Kier molecular flexibility index (Phi) is 5.37. The number of fused-ring (bicyclic) bond motifs is 1. The number of ether oxygens (including phenoxy) is 2. The molecule has 1 aliphatic rings. The van der Waals surface area contributed by atoms with Crippen LogP contribution in [0.5, 0.6) is 11.5 Å². The molecule has 0 unspecified atom stereocenters. The van der Waals surface area contributed by atoms with E-state index in [1.54, 1.807) is 22.9 Å². The Morgan fingerprint density at radius 2 is 2.16 bits per heavy atom. The second-order valence-electron chi connectivity index (χ2n) is 7.12. The second-order valence-corrected chi connectivity index (χ2v) is 7.12. The summed E-state index contributed by atoms with van der Waals surface area (Å²) in [5.41, 5.74) is 4.38. The first-order valence-corrected chi connectivity index (χ1v) is 9.68. The van der Waals surface area contributed by atoms with E-state index in [2.05, 4.69) is 10.3 Å². The van der Waals surface area contributed by atoms with Crippen LogP contribution in [-0.4, -0.2) is 40.9 Å². The van der Waals surface area contributed by atoms with Crippen molar-refractivity contribution in [2.24, 2.45) is 0 Å². The lowest BCUT2D eigenvalue weighted by molar-refractivity contribution is 0.0695. The molecule has 1 saturated carbocycles. The van der Waals surface area contributed by atoms with Crippen molar-refractivity contribution in [3.8, 4) is 11.5 Å². The molecule has 1 fully saturated rings. The molecule has 1 aliphatic carbocycles. The summed E-state index contributed by atoms with van der Waals surface area (Å²) in [6, 6.07) is 5.36. The minimum absolute atomic E-state index is 0.000440. The quantitative estimate of drug-likeness (QED) is 0.369. The number of rotatable bonds is 8. The van der Waals surface area contributed by atoms with Crippen LogP contribution in [0.15, 0.2) is 35.4 Å². The number of aromatic carboxylic acids is 1. The van der Waals surface area contributed by atoms with Gasteiger partial charge in [0, 0.05) is 18.4 Å². The first kappa shape index (κ1) is 20.5. The lowest BCUT2D eigenvalue weighted by atomic mass is 10.1. The largest absolute Gasteiger partial charge is 0.491 e. The molecule has 0 atom stereocenters. The number of hydrogen-bond donors (Lipinski definition) is 3. The molecule has 9 nitrogen and oxygen atoms in total. The number of nitrogen functional groups attached to an aromatic ring is 1. The number of carbonyl (C=O) groups is 1. The van der Waals surface area contributed by atoms with Crippen LogP contribution in [-0.2, 0) is 0 Å². The van der Waals surface area contributed by atoms with Gasteiger partial charge in [-0.05, 0) is 25.0 Å². The maximum absolute atomic E-state index is 15.1. The van der Waals surface area contributed by atoms with Gasteiger partial charge in [0.05, 0.1) is 24.7 Å². The number of pyridine rings is 2. The number of nitrogens with one attached hydrogen (secondary N) is 1. The Morgan fingerprint density at radius 1 is 1.39 bits per heavy atom. The standard InChI is InChI=1S/C21H21FN4O5/c1-30-20-17-14(18(27)12(21(28)29)10-26(17)11-5-6-11)16(23)15(22)19(20)31-9-8-25-13-4-2-3-7-24-13/h2-4,7,10-11H,5-6,8-9,23H2,1H3,(H,24,25)(H,28,29). The maximum Gasteiger partial charge on any atom is 0.341 e. The van der Waals surface area contributed by atoms with Crippen LogP contribution in [0.3, 0.4) is 0 Å². The fourth-order valence-corrected chi connectivity index (χ4v) is 3.46. The minimum atomic E-state index is -1.40. The van der Waals surface area contributed by atoms with E-state index < -0.39 is 28.5 Å². The number of aromatic nitrogens is 2. The molecule has 0 spiro atoms. The van der Waals surface area contributed by atoms with Crippen LogP contribution in [0.2, 0.25) is 0 Å². The fraction of sp³-hybridized carbons (Fsp3) is 0.286. The number of methoxy groups -OCH3 is 1. The molecule has 2 aromatic heterocycles. The summed E-state index contributed by atoms with van der Waals surface area (Å²) in [7, 11) is 1.33. The highest BCUT2D eigenvalue weighted by atomic mass is 19.1. The van der Waals surface area contributed by atoms with Gasteiger partial charge in [0.1, 0.15) is 23.5 Å². The smallest absolute Gasteiger partial charge is 0.341 e. The van der Waals surface area contributed by atoms with E-state index in [4.69, 9.17) is 15.2 Å². The van der Waals surface area contributed by atoms with Gasteiger partial charge in [-0.2, -0.15) is 0 Å². The summed E-state index contributed by atoms with van der Waals surface area (Å²) in [4.78, 5) is 28.5. The summed E-state index contributed by atoms with van der Waals surface area (Å²) < 4.78 is 27.8. The van der Waals surface area contributed by atoms with Crippen LogP contribution < -0.4 is 26.0 Å². The minimum Gasteiger partial charge on any atom is -0.491 e. The van der Waals surface area contributed by atoms with E-state index in [9.17, 15) is 14.7 Å². The number of anilines is 2. The van der Waals surface area contributed by atoms with Crippen molar-refractivity contribution in [1.29, 1.82) is 0 Å². The van der Waals surface area contributed by atoms with Gasteiger partial charge in [0.25, 0.3) is 0 Å². The third-order valence-corrected chi connectivity index (χ3v) is 5.06. The van der Waals surface area contributed by atoms with Crippen molar-refractivity contribution in [1.82, 2.24) is 9.55 Å². The van der Waals surface area contributed by atoms with Crippen molar-refractivity contribution in [2.45, 2.75) is 18.9 Å². The van der Waals surface area contributed by atoms with Gasteiger partial charge in [-0.25, -0.2) is 14.2 Å². The van der Waals surface area contributed by atoms with Gasteiger partial charge in [-0.3, -0.25) is 4.79 Å². The van der Waals surface area contributed by atoms with E-state index >= 15 is 4.39 Å². The topological polar surface area (TPSA) is 129 Å². The van der Waals surface area contributed by atoms with Crippen LogP contribution in [0.4, 0.5) is 15.9 Å². The van der Waals surface area contributed by atoms with E-state index in [1.165, 1.54) is 13.3 Å². The molecule has 0 saturated heterocycles. The van der Waals surface area contributed by atoms with Crippen molar-refractivity contribution < 1.29 is 23.8 Å². The molecule has 0 amide bonds. The van der Waals surface area contributed by atoms with E-state index in [0.29, 0.717) is 12.4 Å². The third kappa shape index (κ3) is 3.72. The zero-order valence-electron chi connectivity index (χ0n) is 16.7. The van der Waals surface area contributed by atoms with Gasteiger partial charge in [-0.1, -0.05) is 6.07 Å². The van der Waals surface area contributed by atoms with Gasteiger partial charge in [0.2, 0.25) is 11.2 Å². The van der Waals surface area contributed by atoms with Crippen molar-refractivity contribution in [3.05, 3.63) is 52.2 Å². The number of hydrogen-bond acceptors (Lipinski definition) is 7. The first-order valence-electron chi connectivity index (χ1n) is 9.68. The summed E-state index contributed by atoms with van der Waals surface area (Å²) in [6.45, 7) is 0.389. The molecule has 3 aromatic rings.